The maximum atomic E-state index is 13.1. The van der Waals surface area contributed by atoms with Gasteiger partial charge in [-0.1, -0.05) is 12.1 Å². The van der Waals surface area contributed by atoms with E-state index in [0.29, 0.717) is 17.3 Å². The number of aryl methyl sites for hydroxylation is 2. The highest BCUT2D eigenvalue weighted by Crippen LogP contribution is 2.19. The van der Waals surface area contributed by atoms with Gasteiger partial charge in [0, 0.05) is 6.07 Å². The highest BCUT2D eigenvalue weighted by atomic mass is 19.1. The van der Waals surface area contributed by atoms with Gasteiger partial charge in [0.2, 0.25) is 0 Å². The number of amides is 1. The van der Waals surface area contributed by atoms with Crippen molar-refractivity contribution in [1.82, 2.24) is 9.78 Å². The Morgan fingerprint density at radius 1 is 1.15 bits per heavy atom. The Morgan fingerprint density at radius 3 is 2.58 bits per heavy atom. The SMILES string of the molecule is Cc1cccc(OC(C)C(=O)Nc2cc(C)nn2-c2ccc(F)cc2)c1. The lowest BCUT2D eigenvalue weighted by molar-refractivity contribution is -0.122. The number of nitrogens with zero attached hydrogens (tertiary/aromatic N) is 2. The molecule has 1 aromatic heterocycles. The topological polar surface area (TPSA) is 56.1 Å². The average Bonchev–Trinajstić information content (AvgIpc) is 2.96. The Labute approximate surface area is 151 Å². The van der Waals surface area contributed by atoms with Gasteiger partial charge in [-0.05, 0) is 62.7 Å². The number of nitrogens with one attached hydrogen (secondary N) is 1. The Kier molecular flexibility index (Phi) is 5.02. The number of rotatable bonds is 5. The van der Waals surface area contributed by atoms with E-state index in [1.54, 1.807) is 29.8 Å². The molecule has 2 aromatic carbocycles. The molecule has 1 unspecified atom stereocenters. The molecule has 0 aliphatic carbocycles. The van der Waals surface area contributed by atoms with Crippen molar-refractivity contribution in [2.75, 3.05) is 5.32 Å². The normalized spacial score (nSPS) is 11.8. The van der Waals surface area contributed by atoms with E-state index in [9.17, 15) is 9.18 Å². The summed E-state index contributed by atoms with van der Waals surface area (Å²) in [4.78, 5) is 12.5. The molecule has 1 atom stereocenters. The summed E-state index contributed by atoms with van der Waals surface area (Å²) in [7, 11) is 0. The number of carbonyl (C=O) groups is 1. The Balaban J connectivity index is 1.76. The van der Waals surface area contributed by atoms with Crippen LogP contribution in [0.4, 0.5) is 10.2 Å². The van der Waals surface area contributed by atoms with E-state index < -0.39 is 6.10 Å². The first kappa shape index (κ1) is 17.7. The van der Waals surface area contributed by atoms with Crippen molar-refractivity contribution in [3.63, 3.8) is 0 Å². The van der Waals surface area contributed by atoms with Crippen LogP contribution in [0.15, 0.2) is 54.6 Å². The van der Waals surface area contributed by atoms with Crippen LogP contribution in [0.5, 0.6) is 5.75 Å². The number of halogens is 1. The molecule has 3 rings (SSSR count). The first-order chi connectivity index (χ1) is 12.4. The average molecular weight is 353 g/mol. The quantitative estimate of drug-likeness (QED) is 0.753. The fourth-order valence-corrected chi connectivity index (χ4v) is 2.54. The van der Waals surface area contributed by atoms with Crippen molar-refractivity contribution in [3.05, 3.63) is 71.7 Å². The molecular weight excluding hydrogens is 333 g/mol. The molecule has 5 nitrogen and oxygen atoms in total. The molecule has 0 saturated heterocycles. The van der Waals surface area contributed by atoms with Gasteiger partial charge in [-0.2, -0.15) is 5.10 Å². The van der Waals surface area contributed by atoms with Crippen molar-refractivity contribution < 1.29 is 13.9 Å². The molecule has 3 aromatic rings. The number of carbonyl (C=O) groups excluding carboxylic acids is 1. The van der Waals surface area contributed by atoms with Crippen LogP contribution in [0, 0.1) is 19.7 Å². The summed E-state index contributed by atoms with van der Waals surface area (Å²) in [6.45, 7) is 5.47. The van der Waals surface area contributed by atoms with Crippen LogP contribution < -0.4 is 10.1 Å². The minimum atomic E-state index is -0.686. The molecule has 0 fully saturated rings. The van der Waals surface area contributed by atoms with Crippen LogP contribution in [-0.4, -0.2) is 21.8 Å². The number of aromatic nitrogens is 2. The van der Waals surface area contributed by atoms with E-state index in [1.165, 1.54) is 12.1 Å². The summed E-state index contributed by atoms with van der Waals surface area (Å²) < 4.78 is 20.4. The number of ether oxygens (including phenoxy) is 1. The first-order valence-electron chi connectivity index (χ1n) is 8.29. The number of anilines is 1. The van der Waals surface area contributed by atoms with Gasteiger partial charge in [0.1, 0.15) is 17.4 Å². The second-order valence-electron chi connectivity index (χ2n) is 6.13. The zero-order chi connectivity index (χ0) is 18.7. The Bertz CT molecular complexity index is 919. The van der Waals surface area contributed by atoms with Gasteiger partial charge in [-0.25, -0.2) is 9.07 Å². The fourth-order valence-electron chi connectivity index (χ4n) is 2.54. The van der Waals surface area contributed by atoms with Crippen LogP contribution in [0.3, 0.4) is 0 Å². The molecule has 0 spiro atoms. The molecule has 0 radical (unpaired) electrons. The molecule has 1 amide bonds. The first-order valence-corrected chi connectivity index (χ1v) is 8.29. The van der Waals surface area contributed by atoms with Gasteiger partial charge in [0.15, 0.2) is 6.10 Å². The van der Waals surface area contributed by atoms with Gasteiger partial charge >= 0.3 is 0 Å². The summed E-state index contributed by atoms with van der Waals surface area (Å²) >= 11 is 0. The Morgan fingerprint density at radius 2 is 1.88 bits per heavy atom. The van der Waals surface area contributed by atoms with Crippen LogP contribution in [0.1, 0.15) is 18.2 Å². The van der Waals surface area contributed by atoms with Gasteiger partial charge in [0.05, 0.1) is 11.4 Å². The van der Waals surface area contributed by atoms with Crippen LogP contribution >= 0.6 is 0 Å². The third kappa shape index (κ3) is 4.08. The van der Waals surface area contributed by atoms with Gasteiger partial charge in [-0.15, -0.1) is 0 Å². The molecule has 0 bridgehead atoms. The molecule has 26 heavy (non-hydrogen) atoms. The highest BCUT2D eigenvalue weighted by molar-refractivity contribution is 5.93. The second kappa shape index (κ2) is 7.39. The summed E-state index contributed by atoms with van der Waals surface area (Å²) in [5.74, 6) is 0.507. The second-order valence-corrected chi connectivity index (χ2v) is 6.13. The van der Waals surface area contributed by atoms with Crippen molar-refractivity contribution in [2.24, 2.45) is 0 Å². The number of benzene rings is 2. The predicted molar refractivity (Wildman–Crippen MR) is 98.2 cm³/mol. The minimum Gasteiger partial charge on any atom is -0.481 e. The Hall–Kier alpha value is -3.15. The molecule has 0 aliphatic heterocycles. The largest absolute Gasteiger partial charge is 0.481 e. The van der Waals surface area contributed by atoms with E-state index in [4.69, 9.17) is 4.74 Å². The fraction of sp³-hybridized carbons (Fsp3) is 0.200. The lowest BCUT2D eigenvalue weighted by atomic mass is 10.2. The van der Waals surface area contributed by atoms with E-state index in [-0.39, 0.29) is 11.7 Å². The minimum absolute atomic E-state index is 0.297. The molecule has 0 saturated carbocycles. The molecule has 6 heteroatoms. The van der Waals surface area contributed by atoms with Crippen molar-refractivity contribution >= 4 is 11.7 Å². The van der Waals surface area contributed by atoms with E-state index >= 15 is 0 Å². The van der Waals surface area contributed by atoms with Crippen LogP contribution in [0.2, 0.25) is 0 Å². The summed E-state index contributed by atoms with van der Waals surface area (Å²) in [5.41, 5.74) is 2.44. The summed E-state index contributed by atoms with van der Waals surface area (Å²) in [5, 5.41) is 7.18. The third-order valence-electron chi connectivity index (χ3n) is 3.83. The van der Waals surface area contributed by atoms with Gasteiger partial charge in [0.25, 0.3) is 5.91 Å². The van der Waals surface area contributed by atoms with E-state index in [1.807, 2.05) is 38.1 Å². The zero-order valence-electron chi connectivity index (χ0n) is 14.9. The molecule has 0 aliphatic rings. The standard InChI is InChI=1S/C20H20FN3O2/c1-13-5-4-6-18(11-13)26-15(3)20(25)22-19-12-14(2)23-24(19)17-9-7-16(21)8-10-17/h4-12,15H,1-3H3,(H,22,25). The summed E-state index contributed by atoms with van der Waals surface area (Å²) in [6.07, 6.45) is -0.686. The van der Waals surface area contributed by atoms with E-state index in [2.05, 4.69) is 10.4 Å². The monoisotopic (exact) mass is 353 g/mol. The molecule has 1 N–H and O–H groups in total. The highest BCUT2D eigenvalue weighted by Gasteiger charge is 2.18. The molecule has 134 valence electrons. The maximum Gasteiger partial charge on any atom is 0.266 e. The van der Waals surface area contributed by atoms with Crippen molar-refractivity contribution in [2.45, 2.75) is 26.9 Å². The lowest BCUT2D eigenvalue weighted by Crippen LogP contribution is -2.31. The van der Waals surface area contributed by atoms with Crippen LogP contribution in [0.25, 0.3) is 5.69 Å². The zero-order valence-corrected chi connectivity index (χ0v) is 14.9. The van der Waals surface area contributed by atoms with Crippen molar-refractivity contribution in [1.29, 1.82) is 0 Å². The molecular formula is C20H20FN3O2. The number of hydrogen-bond acceptors (Lipinski definition) is 3. The number of hydrogen-bond donors (Lipinski definition) is 1. The molecule has 1 heterocycles. The van der Waals surface area contributed by atoms with Crippen molar-refractivity contribution in [3.8, 4) is 11.4 Å². The predicted octanol–water partition coefficient (Wildman–Crippen LogP) is 4.03. The summed E-state index contributed by atoms with van der Waals surface area (Å²) in [6, 6.07) is 15.2. The van der Waals surface area contributed by atoms with Gasteiger partial charge < -0.3 is 10.1 Å². The third-order valence-corrected chi connectivity index (χ3v) is 3.83. The van der Waals surface area contributed by atoms with Crippen LogP contribution in [-0.2, 0) is 4.79 Å². The smallest absolute Gasteiger partial charge is 0.266 e. The van der Waals surface area contributed by atoms with Gasteiger partial charge in [-0.3, -0.25) is 4.79 Å². The lowest BCUT2D eigenvalue weighted by Gasteiger charge is -2.15. The van der Waals surface area contributed by atoms with E-state index in [0.717, 1.165) is 11.3 Å². The maximum absolute atomic E-state index is 13.1.